The SMILES string of the molecule is O=C(Nc1ccc(-c2cn3ccsc3n2)cc1)Nc1cccc(F)c1. The van der Waals surface area contributed by atoms with E-state index in [1.165, 1.54) is 18.2 Å². The molecular formula is C18H13FN4OS. The lowest BCUT2D eigenvalue weighted by atomic mass is 10.1. The number of amides is 2. The molecule has 124 valence electrons. The van der Waals surface area contributed by atoms with Crippen molar-refractivity contribution in [1.82, 2.24) is 9.38 Å². The molecule has 0 unspecified atom stereocenters. The zero-order valence-electron chi connectivity index (χ0n) is 12.9. The quantitative estimate of drug-likeness (QED) is 0.554. The standard InChI is InChI=1S/C18H13FN4OS/c19-13-2-1-3-15(10-13)21-17(24)20-14-6-4-12(5-7-14)16-11-23-8-9-25-18(23)22-16/h1-11H,(H2,20,21,24). The second kappa shape index (κ2) is 6.37. The van der Waals surface area contributed by atoms with Gasteiger partial charge in [0.15, 0.2) is 4.96 Å². The van der Waals surface area contributed by atoms with Gasteiger partial charge in [0.2, 0.25) is 0 Å². The number of rotatable bonds is 3. The van der Waals surface area contributed by atoms with Gasteiger partial charge in [0.1, 0.15) is 5.82 Å². The summed E-state index contributed by atoms with van der Waals surface area (Å²) in [5.74, 6) is -0.401. The van der Waals surface area contributed by atoms with Crippen molar-refractivity contribution < 1.29 is 9.18 Å². The van der Waals surface area contributed by atoms with E-state index in [0.29, 0.717) is 11.4 Å². The van der Waals surface area contributed by atoms with Gasteiger partial charge in [0.05, 0.1) is 5.69 Å². The number of benzene rings is 2. The second-order valence-electron chi connectivity index (χ2n) is 5.39. The molecule has 25 heavy (non-hydrogen) atoms. The third kappa shape index (κ3) is 3.36. The molecule has 2 heterocycles. The Bertz CT molecular complexity index is 1010. The summed E-state index contributed by atoms with van der Waals surface area (Å²) in [6, 6.07) is 12.7. The molecule has 0 saturated heterocycles. The van der Waals surface area contributed by atoms with E-state index in [1.807, 2.05) is 34.3 Å². The number of urea groups is 1. The van der Waals surface area contributed by atoms with Crippen molar-refractivity contribution in [2.75, 3.05) is 10.6 Å². The summed E-state index contributed by atoms with van der Waals surface area (Å²) in [5, 5.41) is 7.28. The van der Waals surface area contributed by atoms with Crippen LogP contribution < -0.4 is 10.6 Å². The molecule has 0 aliphatic carbocycles. The predicted molar refractivity (Wildman–Crippen MR) is 97.5 cm³/mol. The number of carbonyl (C=O) groups is 1. The van der Waals surface area contributed by atoms with Gasteiger partial charge in [-0.15, -0.1) is 11.3 Å². The lowest BCUT2D eigenvalue weighted by Crippen LogP contribution is -2.19. The molecule has 2 amide bonds. The number of nitrogens with zero attached hydrogens (tertiary/aromatic N) is 2. The number of imidazole rings is 1. The van der Waals surface area contributed by atoms with Crippen molar-refractivity contribution in [2.24, 2.45) is 0 Å². The summed E-state index contributed by atoms with van der Waals surface area (Å²) in [6.45, 7) is 0. The van der Waals surface area contributed by atoms with Crippen molar-refractivity contribution in [3.63, 3.8) is 0 Å². The molecule has 0 spiro atoms. The molecule has 2 aromatic heterocycles. The van der Waals surface area contributed by atoms with Crippen LogP contribution in [0.2, 0.25) is 0 Å². The lowest BCUT2D eigenvalue weighted by molar-refractivity contribution is 0.262. The highest BCUT2D eigenvalue weighted by Gasteiger charge is 2.07. The molecule has 0 aliphatic heterocycles. The zero-order valence-corrected chi connectivity index (χ0v) is 13.8. The van der Waals surface area contributed by atoms with Gasteiger partial charge in [-0.05, 0) is 30.3 Å². The van der Waals surface area contributed by atoms with Crippen LogP contribution in [-0.4, -0.2) is 15.4 Å². The minimum atomic E-state index is -0.430. The smallest absolute Gasteiger partial charge is 0.308 e. The Morgan fingerprint density at radius 3 is 2.64 bits per heavy atom. The Balaban J connectivity index is 1.44. The second-order valence-corrected chi connectivity index (χ2v) is 6.26. The van der Waals surface area contributed by atoms with Gasteiger partial charge in [0, 0.05) is 34.7 Å². The maximum absolute atomic E-state index is 13.1. The molecule has 4 aromatic rings. The Labute approximate surface area is 146 Å². The molecule has 2 aromatic carbocycles. The van der Waals surface area contributed by atoms with Gasteiger partial charge in [-0.2, -0.15) is 0 Å². The first-order valence-corrected chi connectivity index (χ1v) is 8.41. The predicted octanol–water partition coefficient (Wildman–Crippen LogP) is 4.85. The van der Waals surface area contributed by atoms with Crippen LogP contribution in [0, 0.1) is 5.82 Å². The molecule has 4 rings (SSSR count). The number of hydrogen-bond donors (Lipinski definition) is 2. The maximum atomic E-state index is 13.1. The van der Waals surface area contributed by atoms with E-state index in [9.17, 15) is 9.18 Å². The molecule has 0 fully saturated rings. The molecular weight excluding hydrogens is 339 g/mol. The molecule has 0 aliphatic rings. The van der Waals surface area contributed by atoms with Crippen molar-refractivity contribution in [3.8, 4) is 11.3 Å². The molecule has 0 bridgehead atoms. The van der Waals surface area contributed by atoms with Crippen molar-refractivity contribution in [2.45, 2.75) is 0 Å². The minimum absolute atomic E-state index is 0.396. The van der Waals surface area contributed by atoms with Crippen LogP contribution >= 0.6 is 11.3 Å². The van der Waals surface area contributed by atoms with Crippen LogP contribution in [0.5, 0.6) is 0 Å². The van der Waals surface area contributed by atoms with Crippen LogP contribution in [0.1, 0.15) is 0 Å². The summed E-state index contributed by atoms with van der Waals surface area (Å²) in [6.07, 6.45) is 3.92. The number of halogens is 1. The van der Waals surface area contributed by atoms with Crippen LogP contribution in [-0.2, 0) is 0 Å². The Morgan fingerprint density at radius 2 is 1.88 bits per heavy atom. The molecule has 5 nitrogen and oxygen atoms in total. The number of fused-ring (bicyclic) bond motifs is 1. The van der Waals surface area contributed by atoms with Crippen LogP contribution in [0.3, 0.4) is 0 Å². The first kappa shape index (κ1) is 15.3. The average molecular weight is 352 g/mol. The van der Waals surface area contributed by atoms with Crippen molar-refractivity contribution in [1.29, 1.82) is 0 Å². The van der Waals surface area contributed by atoms with Crippen LogP contribution in [0.15, 0.2) is 66.3 Å². The first-order valence-electron chi connectivity index (χ1n) is 7.53. The number of carbonyl (C=O) groups excluding carboxylic acids is 1. The number of anilines is 2. The third-order valence-corrected chi connectivity index (χ3v) is 4.38. The monoisotopic (exact) mass is 352 g/mol. The number of aromatic nitrogens is 2. The molecule has 2 N–H and O–H groups in total. The first-order chi connectivity index (χ1) is 12.2. The average Bonchev–Trinajstić information content (AvgIpc) is 3.17. The van der Waals surface area contributed by atoms with Crippen molar-refractivity contribution in [3.05, 3.63) is 72.1 Å². The fourth-order valence-corrected chi connectivity index (χ4v) is 3.15. The van der Waals surface area contributed by atoms with Gasteiger partial charge < -0.3 is 10.6 Å². The molecule has 0 radical (unpaired) electrons. The number of thiazole rings is 1. The Kier molecular flexibility index (Phi) is 3.91. The maximum Gasteiger partial charge on any atom is 0.323 e. The fourth-order valence-electron chi connectivity index (χ4n) is 2.45. The largest absolute Gasteiger partial charge is 0.323 e. The fraction of sp³-hybridized carbons (Fsp3) is 0. The van der Waals surface area contributed by atoms with E-state index < -0.39 is 11.8 Å². The van der Waals surface area contributed by atoms with Gasteiger partial charge in [0.25, 0.3) is 0 Å². The molecule has 0 saturated carbocycles. The zero-order chi connectivity index (χ0) is 17.2. The minimum Gasteiger partial charge on any atom is -0.308 e. The van der Waals surface area contributed by atoms with E-state index in [4.69, 9.17) is 0 Å². The van der Waals surface area contributed by atoms with Gasteiger partial charge >= 0.3 is 6.03 Å². The highest BCUT2D eigenvalue weighted by atomic mass is 32.1. The highest BCUT2D eigenvalue weighted by Crippen LogP contribution is 2.23. The van der Waals surface area contributed by atoms with E-state index in [2.05, 4.69) is 15.6 Å². The molecule has 0 atom stereocenters. The molecule has 7 heteroatoms. The van der Waals surface area contributed by atoms with Gasteiger partial charge in [-0.1, -0.05) is 18.2 Å². The van der Waals surface area contributed by atoms with E-state index in [1.54, 1.807) is 29.5 Å². The normalized spacial score (nSPS) is 10.8. The Hall–Kier alpha value is -3.19. The van der Waals surface area contributed by atoms with Gasteiger partial charge in [-0.25, -0.2) is 14.2 Å². The van der Waals surface area contributed by atoms with E-state index in [-0.39, 0.29) is 0 Å². The third-order valence-electron chi connectivity index (χ3n) is 3.61. The number of nitrogens with one attached hydrogen (secondary N) is 2. The van der Waals surface area contributed by atoms with Crippen LogP contribution in [0.4, 0.5) is 20.6 Å². The summed E-state index contributed by atoms with van der Waals surface area (Å²) < 4.78 is 15.1. The van der Waals surface area contributed by atoms with Crippen LogP contribution in [0.25, 0.3) is 16.2 Å². The summed E-state index contributed by atoms with van der Waals surface area (Å²) >= 11 is 1.58. The van der Waals surface area contributed by atoms with Gasteiger partial charge in [-0.3, -0.25) is 4.40 Å². The highest BCUT2D eigenvalue weighted by molar-refractivity contribution is 7.15. The summed E-state index contributed by atoms with van der Waals surface area (Å²) in [7, 11) is 0. The topological polar surface area (TPSA) is 58.4 Å². The summed E-state index contributed by atoms with van der Waals surface area (Å²) in [4.78, 5) is 17.5. The van der Waals surface area contributed by atoms with E-state index >= 15 is 0 Å². The van der Waals surface area contributed by atoms with E-state index in [0.717, 1.165) is 16.2 Å². The summed E-state index contributed by atoms with van der Waals surface area (Å²) in [5.41, 5.74) is 2.88. The lowest BCUT2D eigenvalue weighted by Gasteiger charge is -2.08. The van der Waals surface area contributed by atoms with Crippen molar-refractivity contribution >= 4 is 33.7 Å². The number of hydrogen-bond acceptors (Lipinski definition) is 3. The Morgan fingerprint density at radius 1 is 1.08 bits per heavy atom.